The van der Waals surface area contributed by atoms with Crippen LogP contribution in [0.15, 0.2) is 48.7 Å². The van der Waals surface area contributed by atoms with Gasteiger partial charge in [-0.25, -0.2) is 0 Å². The molecule has 1 heterocycles. The van der Waals surface area contributed by atoms with Gasteiger partial charge < -0.3 is 0 Å². The van der Waals surface area contributed by atoms with Crippen molar-refractivity contribution in [1.29, 1.82) is 0 Å². The predicted molar refractivity (Wildman–Crippen MR) is 77.3 cm³/mol. The quantitative estimate of drug-likeness (QED) is 0.642. The Labute approximate surface area is 112 Å². The van der Waals surface area contributed by atoms with Crippen molar-refractivity contribution in [3.05, 3.63) is 65.4 Å². The second-order valence-corrected chi connectivity index (χ2v) is 5.38. The van der Waals surface area contributed by atoms with Crippen molar-refractivity contribution in [2.45, 2.75) is 18.8 Å². The van der Waals surface area contributed by atoms with Crippen molar-refractivity contribution in [3.8, 4) is 0 Å². The van der Waals surface area contributed by atoms with E-state index < -0.39 is 0 Å². The standard InChI is InChI=1S/C17H16N2/c1-19-17-9-7-13(10-14(17)11-18-19)16-8-6-12-4-2-3-5-15(12)16/h2-5,7,9-11,16H,6,8H2,1H3. The molecule has 0 radical (unpaired) electrons. The van der Waals surface area contributed by atoms with Crippen LogP contribution >= 0.6 is 0 Å². The smallest absolute Gasteiger partial charge is 0.0679 e. The van der Waals surface area contributed by atoms with Gasteiger partial charge in [0.25, 0.3) is 0 Å². The maximum atomic E-state index is 4.32. The molecule has 94 valence electrons. The number of benzene rings is 2. The van der Waals surface area contributed by atoms with Crippen LogP contribution in [0.3, 0.4) is 0 Å². The number of aromatic nitrogens is 2. The van der Waals surface area contributed by atoms with E-state index in [9.17, 15) is 0 Å². The van der Waals surface area contributed by atoms with Crippen LogP contribution < -0.4 is 0 Å². The molecule has 1 unspecified atom stereocenters. The van der Waals surface area contributed by atoms with Crippen LogP contribution in [0.5, 0.6) is 0 Å². The van der Waals surface area contributed by atoms with Gasteiger partial charge in [-0.2, -0.15) is 5.10 Å². The van der Waals surface area contributed by atoms with Crippen LogP contribution in [0, 0.1) is 0 Å². The molecule has 2 nitrogen and oxygen atoms in total. The largest absolute Gasteiger partial charge is 0.268 e. The van der Waals surface area contributed by atoms with Crippen LogP contribution in [0.2, 0.25) is 0 Å². The summed E-state index contributed by atoms with van der Waals surface area (Å²) in [5.41, 5.74) is 5.64. The highest BCUT2D eigenvalue weighted by Gasteiger charge is 2.23. The lowest BCUT2D eigenvalue weighted by atomic mass is 9.92. The summed E-state index contributed by atoms with van der Waals surface area (Å²) in [4.78, 5) is 0. The lowest BCUT2D eigenvalue weighted by molar-refractivity contribution is 0.787. The Bertz CT molecular complexity index is 755. The van der Waals surface area contributed by atoms with Gasteiger partial charge in [-0.1, -0.05) is 30.3 Å². The van der Waals surface area contributed by atoms with Gasteiger partial charge in [-0.3, -0.25) is 4.68 Å². The first kappa shape index (κ1) is 10.8. The van der Waals surface area contributed by atoms with E-state index in [0.717, 1.165) is 0 Å². The Morgan fingerprint density at radius 1 is 1.16 bits per heavy atom. The van der Waals surface area contributed by atoms with Gasteiger partial charge in [0.1, 0.15) is 0 Å². The zero-order chi connectivity index (χ0) is 12.8. The number of hydrogen-bond acceptors (Lipinski definition) is 1. The SMILES string of the molecule is Cn1ncc2cc(C3CCc4ccccc43)ccc21. The minimum Gasteiger partial charge on any atom is -0.268 e. The third-order valence-electron chi connectivity index (χ3n) is 4.31. The molecule has 0 N–H and O–H groups in total. The topological polar surface area (TPSA) is 17.8 Å². The summed E-state index contributed by atoms with van der Waals surface area (Å²) in [7, 11) is 1.99. The van der Waals surface area contributed by atoms with Crippen LogP contribution in [-0.4, -0.2) is 9.78 Å². The lowest BCUT2D eigenvalue weighted by Crippen LogP contribution is -1.96. The summed E-state index contributed by atoms with van der Waals surface area (Å²) in [5.74, 6) is 0.556. The molecule has 0 saturated heterocycles. The fourth-order valence-electron chi connectivity index (χ4n) is 3.30. The van der Waals surface area contributed by atoms with Gasteiger partial charge in [0, 0.05) is 18.4 Å². The first-order valence-electron chi connectivity index (χ1n) is 6.82. The van der Waals surface area contributed by atoms with Crippen LogP contribution in [0.25, 0.3) is 10.9 Å². The zero-order valence-electron chi connectivity index (χ0n) is 11.0. The maximum Gasteiger partial charge on any atom is 0.0679 e. The van der Waals surface area contributed by atoms with Gasteiger partial charge in [0.15, 0.2) is 0 Å². The van der Waals surface area contributed by atoms with Crippen molar-refractivity contribution >= 4 is 10.9 Å². The minimum absolute atomic E-state index is 0.556. The molecule has 2 aromatic carbocycles. The summed E-state index contributed by atoms with van der Waals surface area (Å²) in [6.45, 7) is 0. The van der Waals surface area contributed by atoms with Gasteiger partial charge in [-0.15, -0.1) is 0 Å². The van der Waals surface area contributed by atoms with Crippen molar-refractivity contribution < 1.29 is 0 Å². The average Bonchev–Trinajstić information content (AvgIpc) is 3.03. The lowest BCUT2D eigenvalue weighted by Gasteiger charge is -2.12. The number of rotatable bonds is 1. The fourth-order valence-corrected chi connectivity index (χ4v) is 3.30. The monoisotopic (exact) mass is 248 g/mol. The van der Waals surface area contributed by atoms with E-state index in [-0.39, 0.29) is 0 Å². The number of fused-ring (bicyclic) bond motifs is 2. The van der Waals surface area contributed by atoms with Gasteiger partial charge in [0.05, 0.1) is 11.7 Å². The fraction of sp³-hybridized carbons (Fsp3) is 0.235. The van der Waals surface area contributed by atoms with E-state index in [1.165, 1.54) is 40.4 Å². The summed E-state index contributed by atoms with van der Waals surface area (Å²) >= 11 is 0. The van der Waals surface area contributed by atoms with Crippen LogP contribution in [-0.2, 0) is 13.5 Å². The Balaban J connectivity index is 1.83. The molecule has 0 fully saturated rings. The number of hydrogen-bond donors (Lipinski definition) is 0. The predicted octanol–water partition coefficient (Wildman–Crippen LogP) is 3.65. The molecule has 1 atom stereocenters. The highest BCUT2D eigenvalue weighted by Crippen LogP contribution is 2.38. The number of nitrogens with zero attached hydrogens (tertiary/aromatic N) is 2. The Hall–Kier alpha value is -2.09. The van der Waals surface area contributed by atoms with E-state index in [1.807, 2.05) is 17.9 Å². The molecule has 2 heteroatoms. The Morgan fingerprint density at radius 3 is 3.00 bits per heavy atom. The first-order valence-corrected chi connectivity index (χ1v) is 6.82. The Kier molecular flexibility index (Phi) is 2.25. The zero-order valence-corrected chi connectivity index (χ0v) is 11.0. The third kappa shape index (κ3) is 1.60. The summed E-state index contributed by atoms with van der Waals surface area (Å²) in [6, 6.07) is 15.6. The van der Waals surface area contributed by atoms with Crippen LogP contribution in [0.4, 0.5) is 0 Å². The second kappa shape index (κ2) is 3.95. The highest BCUT2D eigenvalue weighted by atomic mass is 15.2. The van der Waals surface area contributed by atoms with E-state index in [0.29, 0.717) is 5.92 Å². The molecule has 0 spiro atoms. The summed E-state index contributed by atoms with van der Waals surface area (Å²) < 4.78 is 1.93. The molecule has 3 aromatic rings. The van der Waals surface area contributed by atoms with Gasteiger partial charge in [-0.05, 0) is 41.7 Å². The minimum atomic E-state index is 0.556. The molecule has 1 aliphatic carbocycles. The number of aryl methyl sites for hydroxylation is 2. The van der Waals surface area contributed by atoms with E-state index in [4.69, 9.17) is 0 Å². The van der Waals surface area contributed by atoms with Gasteiger partial charge >= 0.3 is 0 Å². The highest BCUT2D eigenvalue weighted by molar-refractivity contribution is 5.79. The molecular formula is C17H16N2. The molecule has 0 bridgehead atoms. The third-order valence-corrected chi connectivity index (χ3v) is 4.31. The normalized spacial score (nSPS) is 17.8. The molecule has 0 aliphatic heterocycles. The molecule has 4 rings (SSSR count). The van der Waals surface area contributed by atoms with Crippen molar-refractivity contribution in [2.75, 3.05) is 0 Å². The van der Waals surface area contributed by atoms with E-state index in [2.05, 4.69) is 47.6 Å². The summed E-state index contributed by atoms with van der Waals surface area (Å²) in [5, 5.41) is 5.56. The molecule has 1 aliphatic rings. The van der Waals surface area contributed by atoms with E-state index in [1.54, 1.807) is 0 Å². The van der Waals surface area contributed by atoms with Crippen LogP contribution in [0.1, 0.15) is 29.0 Å². The van der Waals surface area contributed by atoms with Gasteiger partial charge in [0.2, 0.25) is 0 Å². The summed E-state index contributed by atoms with van der Waals surface area (Å²) in [6.07, 6.45) is 4.39. The molecule has 19 heavy (non-hydrogen) atoms. The molecule has 1 aromatic heterocycles. The molecule has 0 amide bonds. The first-order chi connectivity index (χ1) is 9.33. The Morgan fingerprint density at radius 2 is 2.05 bits per heavy atom. The maximum absolute atomic E-state index is 4.32. The van der Waals surface area contributed by atoms with Crippen molar-refractivity contribution in [1.82, 2.24) is 9.78 Å². The van der Waals surface area contributed by atoms with E-state index >= 15 is 0 Å². The average molecular weight is 248 g/mol. The molecular weight excluding hydrogens is 232 g/mol. The second-order valence-electron chi connectivity index (χ2n) is 5.38. The van der Waals surface area contributed by atoms with Crippen molar-refractivity contribution in [2.24, 2.45) is 7.05 Å². The molecule has 0 saturated carbocycles. The van der Waals surface area contributed by atoms with Crippen molar-refractivity contribution in [3.63, 3.8) is 0 Å².